The number of rotatable bonds is 5. The molecule has 2 heterocycles. The van der Waals surface area contributed by atoms with Gasteiger partial charge in [0.1, 0.15) is 11.9 Å². The number of hydrogen-bond acceptors (Lipinski definition) is 4. The zero-order valence-corrected chi connectivity index (χ0v) is 13.3. The largest absolute Gasteiger partial charge is 0.367 e. The van der Waals surface area contributed by atoms with E-state index in [0.717, 1.165) is 44.3 Å². The zero-order chi connectivity index (χ0) is 15.4. The van der Waals surface area contributed by atoms with Gasteiger partial charge in [-0.2, -0.15) is 5.10 Å². The van der Waals surface area contributed by atoms with Gasteiger partial charge in [0.05, 0.1) is 6.61 Å². The summed E-state index contributed by atoms with van der Waals surface area (Å²) in [5.41, 5.74) is 1.41. The Bertz CT molecular complexity index is 583. The summed E-state index contributed by atoms with van der Waals surface area (Å²) in [5, 5.41) is 7.12. The highest BCUT2D eigenvalue weighted by Crippen LogP contribution is 2.22. The van der Waals surface area contributed by atoms with Gasteiger partial charge in [-0.3, -0.25) is 10.00 Å². The lowest BCUT2D eigenvalue weighted by Crippen LogP contribution is -2.39. The molecule has 0 spiro atoms. The molecule has 0 bridgehead atoms. The molecule has 1 aromatic heterocycles. The second-order valence-electron chi connectivity index (χ2n) is 6.04. The van der Waals surface area contributed by atoms with E-state index >= 15 is 0 Å². The van der Waals surface area contributed by atoms with E-state index in [4.69, 9.17) is 4.74 Å². The summed E-state index contributed by atoms with van der Waals surface area (Å²) >= 11 is 0. The van der Waals surface area contributed by atoms with E-state index < -0.39 is 0 Å². The van der Waals surface area contributed by atoms with Crippen LogP contribution in [-0.2, 0) is 4.74 Å². The first kappa shape index (κ1) is 15.2. The number of ether oxygens (including phenoxy) is 1. The molecular formula is C17H24N4O. The van der Waals surface area contributed by atoms with Gasteiger partial charge in [-0.1, -0.05) is 37.3 Å². The number of morpholine rings is 1. The van der Waals surface area contributed by atoms with Gasteiger partial charge < -0.3 is 4.74 Å². The molecule has 0 radical (unpaired) electrons. The molecule has 0 saturated carbocycles. The van der Waals surface area contributed by atoms with Crippen LogP contribution < -0.4 is 0 Å². The van der Waals surface area contributed by atoms with Crippen LogP contribution >= 0.6 is 0 Å². The van der Waals surface area contributed by atoms with Crippen LogP contribution in [0.4, 0.5) is 0 Å². The topological polar surface area (TPSA) is 54.0 Å². The Morgan fingerprint density at radius 3 is 2.91 bits per heavy atom. The van der Waals surface area contributed by atoms with E-state index in [1.54, 1.807) is 0 Å². The number of aromatic nitrogens is 3. The Balaban J connectivity index is 1.52. The van der Waals surface area contributed by atoms with E-state index in [1.165, 1.54) is 5.56 Å². The lowest BCUT2D eigenvalue weighted by atomic mass is 9.97. The molecule has 1 aliphatic heterocycles. The zero-order valence-electron chi connectivity index (χ0n) is 13.3. The molecule has 118 valence electrons. The number of H-pyrrole nitrogens is 1. The third-order valence-electron chi connectivity index (χ3n) is 4.30. The Kier molecular flexibility index (Phi) is 4.85. The smallest absolute Gasteiger partial charge is 0.180 e. The second kappa shape index (κ2) is 7.03. The van der Waals surface area contributed by atoms with Gasteiger partial charge in [0.2, 0.25) is 0 Å². The number of hydrogen-bond donors (Lipinski definition) is 1. The summed E-state index contributed by atoms with van der Waals surface area (Å²) in [7, 11) is 0. The molecule has 1 fully saturated rings. The fourth-order valence-corrected chi connectivity index (χ4v) is 2.89. The molecule has 5 nitrogen and oxygen atoms in total. The Morgan fingerprint density at radius 1 is 1.36 bits per heavy atom. The van der Waals surface area contributed by atoms with Crippen molar-refractivity contribution in [1.82, 2.24) is 20.1 Å². The Labute approximate surface area is 131 Å². The maximum Gasteiger partial charge on any atom is 0.180 e. The van der Waals surface area contributed by atoms with E-state index in [0.29, 0.717) is 5.92 Å². The number of nitrogens with zero attached hydrogens (tertiary/aromatic N) is 3. The fourth-order valence-electron chi connectivity index (χ4n) is 2.89. The van der Waals surface area contributed by atoms with Crippen LogP contribution in [0.2, 0.25) is 0 Å². The van der Waals surface area contributed by atoms with Crippen LogP contribution in [0.1, 0.15) is 42.6 Å². The summed E-state index contributed by atoms with van der Waals surface area (Å²) in [5.74, 6) is 2.19. The number of nitrogens with one attached hydrogen (secondary N) is 1. The van der Waals surface area contributed by atoms with Crippen LogP contribution in [0.15, 0.2) is 30.3 Å². The standard InChI is InChI=1S/C17H24N4O/c1-13(15-6-4-3-5-7-15)8-9-21-10-11-22-16(12-21)17-18-14(2)19-20-17/h3-7,13,16H,8-12H2,1-2H3,(H,18,19,20). The molecular weight excluding hydrogens is 276 g/mol. The first-order valence-corrected chi connectivity index (χ1v) is 8.00. The minimum absolute atomic E-state index is 0.00858. The molecule has 5 heteroatoms. The van der Waals surface area contributed by atoms with Crippen LogP contribution in [0.3, 0.4) is 0 Å². The molecule has 1 aromatic carbocycles. The van der Waals surface area contributed by atoms with Crippen molar-refractivity contribution in [3.63, 3.8) is 0 Å². The Hall–Kier alpha value is -1.72. The maximum atomic E-state index is 5.81. The average molecular weight is 300 g/mol. The van der Waals surface area contributed by atoms with Gasteiger partial charge >= 0.3 is 0 Å². The molecule has 1 saturated heterocycles. The predicted octanol–water partition coefficient (Wildman–Crippen LogP) is 2.68. The van der Waals surface area contributed by atoms with Gasteiger partial charge in [0.15, 0.2) is 5.82 Å². The molecule has 2 aromatic rings. The minimum atomic E-state index is -0.00858. The van der Waals surface area contributed by atoms with E-state index in [9.17, 15) is 0 Å². The van der Waals surface area contributed by atoms with Crippen molar-refractivity contribution >= 4 is 0 Å². The van der Waals surface area contributed by atoms with Crippen molar-refractivity contribution in [1.29, 1.82) is 0 Å². The normalized spacial score (nSPS) is 20.9. The minimum Gasteiger partial charge on any atom is -0.367 e. The van der Waals surface area contributed by atoms with Crippen molar-refractivity contribution in [3.8, 4) is 0 Å². The second-order valence-corrected chi connectivity index (χ2v) is 6.04. The van der Waals surface area contributed by atoms with Gasteiger partial charge in [-0.05, 0) is 31.4 Å². The summed E-state index contributed by atoms with van der Waals surface area (Å²) in [6.07, 6.45) is 1.15. The molecule has 3 rings (SSSR count). The quantitative estimate of drug-likeness (QED) is 0.922. The van der Waals surface area contributed by atoms with Crippen LogP contribution in [0.25, 0.3) is 0 Å². The first-order valence-electron chi connectivity index (χ1n) is 8.00. The molecule has 0 aliphatic carbocycles. The highest BCUT2D eigenvalue weighted by Gasteiger charge is 2.25. The molecule has 2 atom stereocenters. The third-order valence-corrected chi connectivity index (χ3v) is 4.30. The molecule has 22 heavy (non-hydrogen) atoms. The summed E-state index contributed by atoms with van der Waals surface area (Å²) in [6.45, 7) is 7.90. The van der Waals surface area contributed by atoms with E-state index in [1.807, 2.05) is 6.92 Å². The van der Waals surface area contributed by atoms with Crippen LogP contribution in [0, 0.1) is 6.92 Å². The summed E-state index contributed by atoms with van der Waals surface area (Å²) < 4.78 is 5.81. The van der Waals surface area contributed by atoms with Crippen molar-refractivity contribution in [2.24, 2.45) is 0 Å². The fraction of sp³-hybridized carbons (Fsp3) is 0.529. The Morgan fingerprint density at radius 2 is 2.18 bits per heavy atom. The van der Waals surface area contributed by atoms with Gasteiger partial charge in [-0.15, -0.1) is 0 Å². The molecule has 2 unspecified atom stereocenters. The van der Waals surface area contributed by atoms with Gasteiger partial charge in [0, 0.05) is 13.1 Å². The lowest BCUT2D eigenvalue weighted by molar-refractivity contribution is -0.0348. The lowest BCUT2D eigenvalue weighted by Gasteiger charge is -2.32. The van der Waals surface area contributed by atoms with Crippen molar-refractivity contribution < 1.29 is 4.74 Å². The van der Waals surface area contributed by atoms with Crippen molar-refractivity contribution in [3.05, 3.63) is 47.5 Å². The van der Waals surface area contributed by atoms with Gasteiger partial charge in [0.25, 0.3) is 0 Å². The van der Waals surface area contributed by atoms with Crippen molar-refractivity contribution in [2.45, 2.75) is 32.3 Å². The number of aryl methyl sites for hydroxylation is 1. The summed E-state index contributed by atoms with van der Waals surface area (Å²) in [4.78, 5) is 6.85. The van der Waals surface area contributed by atoms with Crippen LogP contribution in [-0.4, -0.2) is 46.3 Å². The first-order chi connectivity index (χ1) is 10.7. The maximum absolute atomic E-state index is 5.81. The number of aromatic amines is 1. The highest BCUT2D eigenvalue weighted by atomic mass is 16.5. The average Bonchev–Trinajstić information content (AvgIpc) is 3.00. The van der Waals surface area contributed by atoms with E-state index in [-0.39, 0.29) is 6.10 Å². The SMILES string of the molecule is Cc1nc(C2CN(CCC(C)c3ccccc3)CCO2)n[nH]1. The summed E-state index contributed by atoms with van der Waals surface area (Å²) in [6, 6.07) is 10.7. The predicted molar refractivity (Wildman–Crippen MR) is 85.7 cm³/mol. The molecule has 1 N–H and O–H groups in total. The monoisotopic (exact) mass is 300 g/mol. The third kappa shape index (κ3) is 3.72. The highest BCUT2D eigenvalue weighted by molar-refractivity contribution is 5.18. The molecule has 1 aliphatic rings. The van der Waals surface area contributed by atoms with Crippen molar-refractivity contribution in [2.75, 3.05) is 26.2 Å². The van der Waals surface area contributed by atoms with E-state index in [2.05, 4.69) is 57.3 Å². The van der Waals surface area contributed by atoms with Crippen LogP contribution in [0.5, 0.6) is 0 Å². The molecule has 0 amide bonds. The van der Waals surface area contributed by atoms with Gasteiger partial charge in [-0.25, -0.2) is 4.98 Å². The number of benzene rings is 1.